The van der Waals surface area contributed by atoms with Gasteiger partial charge in [0.1, 0.15) is 5.75 Å². The summed E-state index contributed by atoms with van der Waals surface area (Å²) in [5.74, 6) is 0.202. The summed E-state index contributed by atoms with van der Waals surface area (Å²) in [6.45, 7) is 2.09. The Morgan fingerprint density at radius 2 is 1.74 bits per heavy atom. The predicted molar refractivity (Wildman–Crippen MR) is 81.4 cm³/mol. The molecule has 0 aromatic heterocycles. The van der Waals surface area contributed by atoms with Gasteiger partial charge in [-0.05, 0) is 30.7 Å². The molecule has 8 heteroatoms. The Labute approximate surface area is 134 Å². The lowest BCUT2D eigenvalue weighted by Gasteiger charge is -2.41. The number of likely N-dealkylation sites (tertiary alicyclic amines) is 1. The summed E-state index contributed by atoms with van der Waals surface area (Å²) in [4.78, 5) is 24.8. The lowest BCUT2D eigenvalue weighted by molar-refractivity contribution is -0.143. The summed E-state index contributed by atoms with van der Waals surface area (Å²) < 4.78 is 31.6. The molecule has 0 unspecified atom stereocenters. The van der Waals surface area contributed by atoms with E-state index in [-0.39, 0.29) is 48.7 Å². The van der Waals surface area contributed by atoms with E-state index in [0.717, 1.165) is 5.56 Å². The zero-order valence-electron chi connectivity index (χ0n) is 13.0. The molecule has 1 aromatic rings. The molecule has 0 radical (unpaired) electrons. The Morgan fingerprint density at radius 3 is 2.26 bits per heavy atom. The SMILES string of the molecule is COc1ccc(S(=O)(=O)N2CC(N3C(=O)CCC3=O)C2)cc1C. The first-order valence-corrected chi connectivity index (χ1v) is 8.78. The Hall–Kier alpha value is -1.93. The lowest BCUT2D eigenvalue weighted by Crippen LogP contribution is -2.62. The average Bonchev–Trinajstić information content (AvgIpc) is 2.77. The number of sulfonamides is 1. The topological polar surface area (TPSA) is 84.0 Å². The van der Waals surface area contributed by atoms with Gasteiger partial charge in [-0.1, -0.05) is 0 Å². The monoisotopic (exact) mass is 338 g/mol. The highest BCUT2D eigenvalue weighted by Crippen LogP contribution is 2.29. The van der Waals surface area contributed by atoms with Crippen molar-refractivity contribution in [2.45, 2.75) is 30.7 Å². The lowest BCUT2D eigenvalue weighted by atomic mass is 10.1. The first kappa shape index (κ1) is 15.9. The second-order valence-electron chi connectivity index (χ2n) is 5.76. The van der Waals surface area contributed by atoms with Gasteiger partial charge in [0, 0.05) is 25.9 Å². The second kappa shape index (κ2) is 5.61. The molecule has 2 heterocycles. The average molecular weight is 338 g/mol. The van der Waals surface area contributed by atoms with Crippen molar-refractivity contribution in [1.29, 1.82) is 0 Å². The fourth-order valence-corrected chi connectivity index (χ4v) is 4.54. The third-order valence-electron chi connectivity index (χ3n) is 4.29. The van der Waals surface area contributed by atoms with E-state index in [0.29, 0.717) is 5.75 Å². The van der Waals surface area contributed by atoms with Gasteiger partial charge in [-0.15, -0.1) is 0 Å². The van der Waals surface area contributed by atoms with E-state index in [1.807, 2.05) is 0 Å². The van der Waals surface area contributed by atoms with Gasteiger partial charge in [-0.25, -0.2) is 8.42 Å². The highest BCUT2D eigenvalue weighted by atomic mass is 32.2. The number of methoxy groups -OCH3 is 1. The van der Waals surface area contributed by atoms with Crippen molar-refractivity contribution in [2.24, 2.45) is 0 Å². The summed E-state index contributed by atoms with van der Waals surface area (Å²) in [6, 6.07) is 4.34. The third kappa shape index (κ3) is 2.61. The van der Waals surface area contributed by atoms with E-state index in [4.69, 9.17) is 4.74 Å². The molecule has 0 saturated carbocycles. The molecule has 23 heavy (non-hydrogen) atoms. The number of hydrogen-bond donors (Lipinski definition) is 0. The minimum atomic E-state index is -3.62. The van der Waals surface area contributed by atoms with Crippen LogP contribution in [-0.4, -0.2) is 55.7 Å². The van der Waals surface area contributed by atoms with Crippen LogP contribution in [0.1, 0.15) is 18.4 Å². The summed E-state index contributed by atoms with van der Waals surface area (Å²) in [5.41, 5.74) is 0.732. The Bertz CT molecular complexity index is 752. The van der Waals surface area contributed by atoms with Crippen molar-refractivity contribution in [2.75, 3.05) is 20.2 Å². The molecule has 0 aliphatic carbocycles. The zero-order chi connectivity index (χ0) is 16.8. The maximum atomic E-state index is 12.6. The number of amides is 2. The first-order valence-electron chi connectivity index (χ1n) is 7.34. The largest absolute Gasteiger partial charge is 0.496 e. The maximum Gasteiger partial charge on any atom is 0.243 e. The number of rotatable bonds is 4. The molecule has 2 fully saturated rings. The number of hydrogen-bond acceptors (Lipinski definition) is 5. The fraction of sp³-hybridized carbons (Fsp3) is 0.467. The van der Waals surface area contributed by atoms with E-state index in [9.17, 15) is 18.0 Å². The van der Waals surface area contributed by atoms with E-state index in [1.54, 1.807) is 19.1 Å². The van der Waals surface area contributed by atoms with Crippen LogP contribution in [0.2, 0.25) is 0 Å². The number of aryl methyl sites for hydroxylation is 1. The third-order valence-corrected chi connectivity index (χ3v) is 6.12. The van der Waals surface area contributed by atoms with Crippen LogP contribution in [0.3, 0.4) is 0 Å². The van der Waals surface area contributed by atoms with Crippen molar-refractivity contribution in [3.63, 3.8) is 0 Å². The summed E-state index contributed by atoms with van der Waals surface area (Å²) in [6.07, 6.45) is 0.444. The highest BCUT2D eigenvalue weighted by Gasteiger charge is 2.45. The van der Waals surface area contributed by atoms with Crippen molar-refractivity contribution in [1.82, 2.24) is 9.21 Å². The Morgan fingerprint density at radius 1 is 1.13 bits per heavy atom. The number of carbonyl (C=O) groups excluding carboxylic acids is 2. The normalized spacial score (nSPS) is 20.0. The molecule has 0 spiro atoms. The van der Waals surface area contributed by atoms with Crippen LogP contribution in [0.5, 0.6) is 5.75 Å². The second-order valence-corrected chi connectivity index (χ2v) is 7.70. The smallest absolute Gasteiger partial charge is 0.243 e. The van der Waals surface area contributed by atoms with Crippen LogP contribution >= 0.6 is 0 Å². The number of imide groups is 1. The predicted octanol–water partition coefficient (Wildman–Crippen LogP) is 0.526. The quantitative estimate of drug-likeness (QED) is 0.748. The van der Waals surface area contributed by atoms with Crippen LogP contribution in [0.25, 0.3) is 0 Å². The summed E-state index contributed by atoms with van der Waals surface area (Å²) in [5, 5.41) is 0. The molecule has 2 aliphatic rings. The highest BCUT2D eigenvalue weighted by molar-refractivity contribution is 7.89. The molecule has 2 aliphatic heterocycles. The Balaban J connectivity index is 1.74. The van der Waals surface area contributed by atoms with E-state index in [1.165, 1.54) is 22.4 Å². The molecule has 0 bridgehead atoms. The molecular formula is C15H18N2O5S. The molecule has 2 saturated heterocycles. The minimum Gasteiger partial charge on any atom is -0.496 e. The summed E-state index contributed by atoms with van der Waals surface area (Å²) >= 11 is 0. The van der Waals surface area contributed by atoms with Gasteiger partial charge in [-0.2, -0.15) is 4.31 Å². The number of ether oxygens (including phenoxy) is 1. The van der Waals surface area contributed by atoms with Crippen LogP contribution in [-0.2, 0) is 19.6 Å². The molecule has 3 rings (SSSR count). The molecule has 7 nitrogen and oxygen atoms in total. The molecule has 0 N–H and O–H groups in total. The van der Waals surface area contributed by atoms with Gasteiger partial charge < -0.3 is 4.74 Å². The van der Waals surface area contributed by atoms with E-state index in [2.05, 4.69) is 0 Å². The van der Waals surface area contributed by atoms with Gasteiger partial charge >= 0.3 is 0 Å². The van der Waals surface area contributed by atoms with Gasteiger partial charge in [0.05, 0.1) is 18.0 Å². The molecule has 2 amide bonds. The van der Waals surface area contributed by atoms with Crippen molar-refractivity contribution in [3.8, 4) is 5.75 Å². The van der Waals surface area contributed by atoms with Gasteiger partial charge in [0.15, 0.2) is 0 Å². The van der Waals surface area contributed by atoms with Crippen molar-refractivity contribution >= 4 is 21.8 Å². The van der Waals surface area contributed by atoms with E-state index < -0.39 is 10.0 Å². The number of carbonyl (C=O) groups is 2. The Kier molecular flexibility index (Phi) is 3.89. The maximum absolute atomic E-state index is 12.6. The number of nitrogens with zero attached hydrogens (tertiary/aromatic N) is 2. The molecule has 124 valence electrons. The van der Waals surface area contributed by atoms with Gasteiger partial charge in [0.25, 0.3) is 0 Å². The van der Waals surface area contributed by atoms with E-state index >= 15 is 0 Å². The van der Waals surface area contributed by atoms with Crippen molar-refractivity contribution in [3.05, 3.63) is 23.8 Å². The van der Waals surface area contributed by atoms with Crippen LogP contribution < -0.4 is 4.74 Å². The minimum absolute atomic E-state index is 0.158. The van der Waals surface area contributed by atoms with Crippen LogP contribution in [0.15, 0.2) is 23.1 Å². The summed E-state index contributed by atoms with van der Waals surface area (Å²) in [7, 11) is -2.09. The molecular weight excluding hydrogens is 320 g/mol. The molecule has 0 atom stereocenters. The van der Waals surface area contributed by atoms with Gasteiger partial charge in [0.2, 0.25) is 21.8 Å². The van der Waals surface area contributed by atoms with Crippen LogP contribution in [0.4, 0.5) is 0 Å². The molecule has 1 aromatic carbocycles. The fourth-order valence-electron chi connectivity index (χ4n) is 2.94. The first-order chi connectivity index (χ1) is 10.8. The number of benzene rings is 1. The zero-order valence-corrected chi connectivity index (χ0v) is 13.8. The van der Waals surface area contributed by atoms with Crippen LogP contribution in [0, 0.1) is 6.92 Å². The standard InChI is InChI=1S/C15H18N2O5S/c1-10-7-12(3-4-13(10)22-2)23(20,21)16-8-11(9-16)17-14(18)5-6-15(17)19/h3-4,7,11H,5-6,8-9H2,1-2H3. The van der Waals surface area contributed by atoms with Gasteiger partial charge in [-0.3, -0.25) is 14.5 Å². The van der Waals surface area contributed by atoms with Crippen molar-refractivity contribution < 1.29 is 22.7 Å².